The molecular weight excluding hydrogens is 284 g/mol. The number of aryl methyl sites for hydroxylation is 2. The van der Waals surface area contributed by atoms with Crippen LogP contribution in [0.5, 0.6) is 0 Å². The van der Waals surface area contributed by atoms with Gasteiger partial charge in [0.1, 0.15) is 11.4 Å². The molecule has 3 rings (SSSR count). The number of ether oxygens (including phenoxy) is 1. The Morgan fingerprint density at radius 3 is 3.05 bits per heavy atom. The molecule has 2 aromatic rings. The van der Waals surface area contributed by atoms with Gasteiger partial charge in [0.05, 0.1) is 12.7 Å². The highest BCUT2D eigenvalue weighted by Crippen LogP contribution is 2.35. The van der Waals surface area contributed by atoms with Gasteiger partial charge in [0, 0.05) is 31.8 Å². The molecule has 1 unspecified atom stereocenters. The summed E-state index contributed by atoms with van der Waals surface area (Å²) in [6.07, 6.45) is 7.49. The van der Waals surface area contributed by atoms with Crippen LogP contribution in [-0.4, -0.2) is 33.8 Å². The summed E-state index contributed by atoms with van der Waals surface area (Å²) in [5, 5.41) is 7.13. The van der Waals surface area contributed by atoms with Gasteiger partial charge in [-0.2, -0.15) is 5.10 Å². The maximum absolute atomic E-state index is 12.3. The first-order valence-corrected chi connectivity index (χ1v) is 7.48. The van der Waals surface area contributed by atoms with Crippen molar-refractivity contribution in [2.45, 2.75) is 31.8 Å². The summed E-state index contributed by atoms with van der Waals surface area (Å²) >= 11 is 0. The van der Waals surface area contributed by atoms with Crippen LogP contribution in [0.15, 0.2) is 23.2 Å². The Hall–Kier alpha value is -2.15. The maximum atomic E-state index is 12.3. The SMILES string of the molecule is CCc1ocnc1C(=O)NCC1(c2cnn(C)c2)CCCO1. The van der Waals surface area contributed by atoms with Gasteiger partial charge in [-0.05, 0) is 12.8 Å². The van der Waals surface area contributed by atoms with Gasteiger partial charge in [-0.1, -0.05) is 6.92 Å². The summed E-state index contributed by atoms with van der Waals surface area (Å²) < 4.78 is 12.9. The van der Waals surface area contributed by atoms with Crippen molar-refractivity contribution in [2.75, 3.05) is 13.2 Å². The average molecular weight is 304 g/mol. The first-order chi connectivity index (χ1) is 10.6. The number of oxazole rings is 1. The van der Waals surface area contributed by atoms with Crippen molar-refractivity contribution in [1.29, 1.82) is 0 Å². The minimum atomic E-state index is -0.500. The number of rotatable bonds is 5. The normalized spacial score (nSPS) is 21.2. The number of carbonyl (C=O) groups is 1. The van der Waals surface area contributed by atoms with E-state index in [1.165, 1.54) is 6.39 Å². The van der Waals surface area contributed by atoms with Crippen molar-refractivity contribution >= 4 is 5.91 Å². The third kappa shape index (κ3) is 2.64. The van der Waals surface area contributed by atoms with E-state index in [1.54, 1.807) is 10.9 Å². The van der Waals surface area contributed by atoms with E-state index in [9.17, 15) is 4.79 Å². The minimum absolute atomic E-state index is 0.232. The molecule has 1 saturated heterocycles. The van der Waals surface area contributed by atoms with E-state index in [2.05, 4.69) is 15.4 Å². The van der Waals surface area contributed by atoms with E-state index < -0.39 is 5.60 Å². The van der Waals surface area contributed by atoms with E-state index in [0.717, 1.165) is 18.4 Å². The molecule has 0 saturated carbocycles. The number of nitrogens with zero attached hydrogens (tertiary/aromatic N) is 3. The molecule has 2 aromatic heterocycles. The van der Waals surface area contributed by atoms with Gasteiger partial charge in [0.2, 0.25) is 0 Å². The molecular formula is C15H20N4O3. The number of hydrogen-bond donors (Lipinski definition) is 1. The predicted octanol–water partition coefficient (Wildman–Crippen LogP) is 1.41. The predicted molar refractivity (Wildman–Crippen MR) is 78.3 cm³/mol. The molecule has 0 aromatic carbocycles. The second kappa shape index (κ2) is 5.92. The number of aromatic nitrogens is 3. The number of hydrogen-bond acceptors (Lipinski definition) is 5. The van der Waals surface area contributed by atoms with Crippen LogP contribution in [0.3, 0.4) is 0 Å². The lowest BCUT2D eigenvalue weighted by molar-refractivity contribution is 0.00124. The molecule has 7 heteroatoms. The van der Waals surface area contributed by atoms with Crippen LogP contribution in [0.1, 0.15) is 41.6 Å². The lowest BCUT2D eigenvalue weighted by Gasteiger charge is -2.27. The molecule has 1 N–H and O–H groups in total. The van der Waals surface area contributed by atoms with Crippen LogP contribution < -0.4 is 5.32 Å². The highest BCUT2D eigenvalue weighted by Gasteiger charge is 2.38. The third-order valence-electron chi connectivity index (χ3n) is 4.05. The van der Waals surface area contributed by atoms with Crippen molar-refractivity contribution in [3.63, 3.8) is 0 Å². The van der Waals surface area contributed by atoms with Crippen molar-refractivity contribution < 1.29 is 13.9 Å². The Bertz CT molecular complexity index is 655. The molecule has 7 nitrogen and oxygen atoms in total. The monoisotopic (exact) mass is 304 g/mol. The van der Waals surface area contributed by atoms with Crippen LogP contribution in [0.4, 0.5) is 0 Å². The zero-order valence-electron chi connectivity index (χ0n) is 12.8. The van der Waals surface area contributed by atoms with Gasteiger partial charge < -0.3 is 14.5 Å². The van der Waals surface area contributed by atoms with Gasteiger partial charge in [0.25, 0.3) is 5.91 Å². The fourth-order valence-corrected chi connectivity index (χ4v) is 2.84. The largest absolute Gasteiger partial charge is 0.448 e. The summed E-state index contributed by atoms with van der Waals surface area (Å²) in [7, 11) is 1.87. The minimum Gasteiger partial charge on any atom is -0.448 e. The molecule has 22 heavy (non-hydrogen) atoms. The van der Waals surface area contributed by atoms with Crippen LogP contribution >= 0.6 is 0 Å². The first kappa shape index (κ1) is 14.8. The first-order valence-electron chi connectivity index (χ1n) is 7.48. The molecule has 0 radical (unpaired) electrons. The molecule has 1 amide bonds. The maximum Gasteiger partial charge on any atom is 0.273 e. The summed E-state index contributed by atoms with van der Waals surface area (Å²) in [4.78, 5) is 16.3. The van der Waals surface area contributed by atoms with Gasteiger partial charge in [0.15, 0.2) is 12.1 Å². The van der Waals surface area contributed by atoms with Gasteiger partial charge >= 0.3 is 0 Å². The standard InChI is InChI=1S/C15H20N4O3/c1-3-12-13(17-10-21-12)14(20)16-9-15(5-4-6-22-15)11-7-18-19(2)8-11/h7-8,10H,3-6,9H2,1-2H3,(H,16,20). The van der Waals surface area contributed by atoms with Crippen molar-refractivity contribution in [1.82, 2.24) is 20.1 Å². The highest BCUT2D eigenvalue weighted by molar-refractivity contribution is 5.93. The quantitative estimate of drug-likeness (QED) is 0.903. The Morgan fingerprint density at radius 2 is 2.41 bits per heavy atom. The van der Waals surface area contributed by atoms with E-state index in [0.29, 0.717) is 31.0 Å². The fourth-order valence-electron chi connectivity index (χ4n) is 2.84. The van der Waals surface area contributed by atoms with Crippen molar-refractivity contribution in [3.8, 4) is 0 Å². The summed E-state index contributed by atoms with van der Waals surface area (Å²) in [6.45, 7) is 3.01. The molecule has 0 spiro atoms. The van der Waals surface area contributed by atoms with Crippen LogP contribution in [-0.2, 0) is 23.8 Å². The zero-order chi connectivity index (χ0) is 15.6. The number of amides is 1. The van der Waals surface area contributed by atoms with Crippen molar-refractivity contribution in [3.05, 3.63) is 35.8 Å². The Labute approximate surface area is 128 Å². The topological polar surface area (TPSA) is 82.2 Å². The van der Waals surface area contributed by atoms with Gasteiger partial charge in [-0.15, -0.1) is 0 Å². The Morgan fingerprint density at radius 1 is 1.55 bits per heavy atom. The Kier molecular flexibility index (Phi) is 3.98. The Balaban J connectivity index is 1.74. The molecule has 3 heterocycles. The number of carbonyl (C=O) groups excluding carboxylic acids is 1. The molecule has 118 valence electrons. The van der Waals surface area contributed by atoms with Gasteiger partial charge in [-0.25, -0.2) is 4.98 Å². The molecule has 0 aliphatic carbocycles. The lowest BCUT2D eigenvalue weighted by Crippen LogP contribution is -2.40. The van der Waals surface area contributed by atoms with Gasteiger partial charge in [-0.3, -0.25) is 9.48 Å². The molecule has 1 atom stereocenters. The molecule has 1 fully saturated rings. The fraction of sp³-hybridized carbons (Fsp3) is 0.533. The molecule has 0 bridgehead atoms. The summed E-state index contributed by atoms with van der Waals surface area (Å²) in [6, 6.07) is 0. The van der Waals surface area contributed by atoms with E-state index in [4.69, 9.17) is 9.15 Å². The van der Waals surface area contributed by atoms with Crippen LogP contribution in [0.25, 0.3) is 0 Å². The second-order valence-electron chi connectivity index (χ2n) is 5.51. The summed E-state index contributed by atoms with van der Waals surface area (Å²) in [5.41, 5.74) is 0.838. The van der Waals surface area contributed by atoms with E-state index in [1.807, 2.05) is 20.2 Å². The van der Waals surface area contributed by atoms with E-state index in [-0.39, 0.29) is 5.91 Å². The summed E-state index contributed by atoms with van der Waals surface area (Å²) in [5.74, 6) is 0.365. The molecule has 1 aliphatic rings. The number of nitrogens with one attached hydrogen (secondary N) is 1. The molecule has 1 aliphatic heterocycles. The van der Waals surface area contributed by atoms with Crippen LogP contribution in [0, 0.1) is 0 Å². The van der Waals surface area contributed by atoms with Crippen molar-refractivity contribution in [2.24, 2.45) is 7.05 Å². The highest BCUT2D eigenvalue weighted by atomic mass is 16.5. The zero-order valence-corrected chi connectivity index (χ0v) is 12.8. The average Bonchev–Trinajstić information content (AvgIpc) is 3.25. The van der Waals surface area contributed by atoms with Crippen LogP contribution in [0.2, 0.25) is 0 Å². The third-order valence-corrected chi connectivity index (χ3v) is 4.05. The van der Waals surface area contributed by atoms with E-state index >= 15 is 0 Å². The smallest absolute Gasteiger partial charge is 0.273 e. The lowest BCUT2D eigenvalue weighted by atomic mass is 9.93. The second-order valence-corrected chi connectivity index (χ2v) is 5.51.